The molecule has 0 saturated carbocycles. The van der Waals surface area contributed by atoms with Crippen molar-refractivity contribution in [3.63, 3.8) is 0 Å². The van der Waals surface area contributed by atoms with Crippen molar-refractivity contribution in [3.8, 4) is 5.75 Å². The summed E-state index contributed by atoms with van der Waals surface area (Å²) in [7, 11) is 0. The maximum atomic E-state index is 5.93. The number of nitrogens with zero attached hydrogens (tertiary/aromatic N) is 2. The Morgan fingerprint density at radius 3 is 2.65 bits per heavy atom. The average Bonchev–Trinajstić information content (AvgIpc) is 2.59. The number of rotatable bonds is 6. The summed E-state index contributed by atoms with van der Waals surface area (Å²) in [6, 6.07) is 16.2. The van der Waals surface area contributed by atoms with Crippen LogP contribution < -0.4 is 10.1 Å². The number of hydrogen-bond donors (Lipinski definition) is 1. The normalized spacial score (nSPS) is 10.9. The second-order valence-corrected chi connectivity index (χ2v) is 5.71. The van der Waals surface area contributed by atoms with Crippen LogP contribution in [0.2, 0.25) is 0 Å². The summed E-state index contributed by atoms with van der Waals surface area (Å²) in [6.45, 7) is 5.62. The average molecular weight is 307 g/mol. The van der Waals surface area contributed by atoms with Crippen molar-refractivity contribution in [1.29, 1.82) is 0 Å². The van der Waals surface area contributed by atoms with Gasteiger partial charge in [-0.05, 0) is 29.7 Å². The summed E-state index contributed by atoms with van der Waals surface area (Å²) in [5, 5.41) is 4.36. The summed E-state index contributed by atoms with van der Waals surface area (Å²) in [4.78, 5) is 8.59. The molecule has 1 heterocycles. The van der Waals surface area contributed by atoms with Crippen LogP contribution in [0.3, 0.4) is 0 Å². The molecule has 118 valence electrons. The van der Waals surface area contributed by atoms with Gasteiger partial charge in [-0.3, -0.25) is 0 Å². The van der Waals surface area contributed by atoms with Gasteiger partial charge in [0.05, 0.1) is 12.1 Å². The Labute approximate surface area is 136 Å². The van der Waals surface area contributed by atoms with Gasteiger partial charge in [0.2, 0.25) is 0 Å². The lowest BCUT2D eigenvalue weighted by molar-refractivity contribution is 0.328. The molecule has 0 atom stereocenters. The van der Waals surface area contributed by atoms with Gasteiger partial charge >= 0.3 is 0 Å². The highest BCUT2D eigenvalue weighted by molar-refractivity contribution is 5.88. The van der Waals surface area contributed by atoms with Crippen molar-refractivity contribution in [1.82, 2.24) is 9.97 Å². The Kier molecular flexibility index (Phi) is 4.71. The number of anilines is 1. The molecule has 0 spiro atoms. The first-order valence-corrected chi connectivity index (χ1v) is 7.91. The van der Waals surface area contributed by atoms with Crippen molar-refractivity contribution in [3.05, 3.63) is 60.4 Å². The third-order valence-electron chi connectivity index (χ3n) is 3.74. The highest BCUT2D eigenvalue weighted by Crippen LogP contribution is 2.25. The smallest absolute Gasteiger partial charge is 0.137 e. The minimum absolute atomic E-state index is 0.449. The topological polar surface area (TPSA) is 47.0 Å². The van der Waals surface area contributed by atoms with Gasteiger partial charge in [-0.15, -0.1) is 0 Å². The zero-order valence-electron chi connectivity index (χ0n) is 13.5. The SMILES string of the molecule is CC(C)c1ccccc1OCCNc1ncnc2ccccc12. The maximum Gasteiger partial charge on any atom is 0.137 e. The van der Waals surface area contributed by atoms with Gasteiger partial charge in [0, 0.05) is 5.39 Å². The molecule has 0 fully saturated rings. The van der Waals surface area contributed by atoms with Crippen molar-refractivity contribution in [2.24, 2.45) is 0 Å². The first-order chi connectivity index (χ1) is 11.3. The van der Waals surface area contributed by atoms with E-state index in [4.69, 9.17) is 4.74 Å². The lowest BCUT2D eigenvalue weighted by Crippen LogP contribution is -2.13. The number of aromatic nitrogens is 2. The fourth-order valence-corrected chi connectivity index (χ4v) is 2.57. The molecule has 0 unspecified atom stereocenters. The van der Waals surface area contributed by atoms with Crippen LogP contribution >= 0.6 is 0 Å². The molecular formula is C19H21N3O. The molecule has 1 N–H and O–H groups in total. The first kappa shape index (κ1) is 15.3. The highest BCUT2D eigenvalue weighted by Gasteiger charge is 2.07. The fourth-order valence-electron chi connectivity index (χ4n) is 2.57. The Morgan fingerprint density at radius 2 is 1.78 bits per heavy atom. The maximum absolute atomic E-state index is 5.93. The van der Waals surface area contributed by atoms with Crippen LogP contribution in [0.4, 0.5) is 5.82 Å². The fraction of sp³-hybridized carbons (Fsp3) is 0.263. The second kappa shape index (κ2) is 7.09. The molecule has 0 saturated heterocycles. The van der Waals surface area contributed by atoms with Gasteiger partial charge in [-0.2, -0.15) is 0 Å². The number of para-hydroxylation sites is 2. The van der Waals surface area contributed by atoms with Crippen LogP contribution in [0.15, 0.2) is 54.9 Å². The summed E-state index contributed by atoms with van der Waals surface area (Å²) < 4.78 is 5.93. The quantitative estimate of drug-likeness (QED) is 0.692. The predicted molar refractivity (Wildman–Crippen MR) is 94.1 cm³/mol. The first-order valence-electron chi connectivity index (χ1n) is 7.91. The molecule has 0 bridgehead atoms. The number of hydrogen-bond acceptors (Lipinski definition) is 4. The lowest BCUT2D eigenvalue weighted by atomic mass is 10.0. The van der Waals surface area contributed by atoms with E-state index >= 15 is 0 Å². The Morgan fingerprint density at radius 1 is 1.00 bits per heavy atom. The van der Waals surface area contributed by atoms with Gasteiger partial charge in [0.25, 0.3) is 0 Å². The third-order valence-corrected chi connectivity index (χ3v) is 3.74. The molecule has 0 aliphatic heterocycles. The lowest BCUT2D eigenvalue weighted by Gasteiger charge is -2.14. The van der Waals surface area contributed by atoms with Gasteiger partial charge in [0.15, 0.2) is 0 Å². The number of ether oxygens (including phenoxy) is 1. The number of nitrogens with one attached hydrogen (secondary N) is 1. The van der Waals surface area contributed by atoms with Crippen LogP contribution in [0, 0.1) is 0 Å². The molecule has 23 heavy (non-hydrogen) atoms. The van der Waals surface area contributed by atoms with E-state index in [1.54, 1.807) is 6.33 Å². The van der Waals surface area contributed by atoms with Gasteiger partial charge in [0.1, 0.15) is 24.5 Å². The summed E-state index contributed by atoms with van der Waals surface area (Å²) in [5.74, 6) is 2.25. The Hall–Kier alpha value is -2.62. The third kappa shape index (κ3) is 3.59. The molecule has 3 aromatic rings. The van der Waals surface area contributed by atoms with E-state index in [1.165, 1.54) is 5.56 Å². The van der Waals surface area contributed by atoms with E-state index in [-0.39, 0.29) is 0 Å². The number of fused-ring (bicyclic) bond motifs is 1. The van der Waals surface area contributed by atoms with Crippen molar-refractivity contribution in [2.45, 2.75) is 19.8 Å². The standard InChI is InChI=1S/C19H21N3O/c1-14(2)15-7-4-6-10-18(15)23-12-11-20-19-16-8-3-5-9-17(16)21-13-22-19/h3-10,13-14H,11-12H2,1-2H3,(H,20,21,22). The highest BCUT2D eigenvalue weighted by atomic mass is 16.5. The summed E-state index contributed by atoms with van der Waals surface area (Å²) >= 11 is 0. The monoisotopic (exact) mass is 307 g/mol. The number of benzene rings is 2. The van der Waals surface area contributed by atoms with Crippen LogP contribution in [-0.4, -0.2) is 23.1 Å². The van der Waals surface area contributed by atoms with Crippen LogP contribution in [0.25, 0.3) is 10.9 Å². The van der Waals surface area contributed by atoms with Crippen LogP contribution in [0.5, 0.6) is 5.75 Å². The van der Waals surface area contributed by atoms with E-state index in [0.29, 0.717) is 19.1 Å². The summed E-state index contributed by atoms with van der Waals surface area (Å²) in [6.07, 6.45) is 1.58. The minimum Gasteiger partial charge on any atom is -0.491 e. The van der Waals surface area contributed by atoms with Gasteiger partial charge in [-0.1, -0.05) is 44.2 Å². The molecule has 4 heteroatoms. The molecule has 0 radical (unpaired) electrons. The second-order valence-electron chi connectivity index (χ2n) is 5.71. The zero-order chi connectivity index (χ0) is 16.1. The molecule has 4 nitrogen and oxygen atoms in total. The molecule has 0 aliphatic carbocycles. The molecule has 0 amide bonds. The molecular weight excluding hydrogens is 286 g/mol. The largest absolute Gasteiger partial charge is 0.491 e. The van der Waals surface area contributed by atoms with Crippen molar-refractivity contribution < 1.29 is 4.74 Å². The van der Waals surface area contributed by atoms with E-state index in [1.807, 2.05) is 42.5 Å². The predicted octanol–water partition coefficient (Wildman–Crippen LogP) is 4.24. The van der Waals surface area contributed by atoms with Crippen LogP contribution in [-0.2, 0) is 0 Å². The molecule has 3 rings (SSSR count). The molecule has 0 aliphatic rings. The minimum atomic E-state index is 0.449. The van der Waals surface area contributed by atoms with Crippen molar-refractivity contribution >= 4 is 16.7 Å². The van der Waals surface area contributed by atoms with Crippen LogP contribution in [0.1, 0.15) is 25.3 Å². The van der Waals surface area contributed by atoms with E-state index < -0.39 is 0 Å². The van der Waals surface area contributed by atoms with Crippen molar-refractivity contribution in [2.75, 3.05) is 18.5 Å². The molecule has 1 aromatic heterocycles. The Balaban J connectivity index is 1.62. The van der Waals surface area contributed by atoms with E-state index in [9.17, 15) is 0 Å². The Bertz CT molecular complexity index is 781. The summed E-state index contributed by atoms with van der Waals surface area (Å²) in [5.41, 5.74) is 2.18. The van der Waals surface area contributed by atoms with Gasteiger partial charge < -0.3 is 10.1 Å². The zero-order valence-corrected chi connectivity index (χ0v) is 13.5. The molecule has 2 aromatic carbocycles. The van der Waals surface area contributed by atoms with E-state index in [0.717, 1.165) is 22.5 Å². The van der Waals surface area contributed by atoms with E-state index in [2.05, 4.69) is 35.2 Å². The van der Waals surface area contributed by atoms with Gasteiger partial charge in [-0.25, -0.2) is 9.97 Å².